The highest BCUT2D eigenvalue weighted by Crippen LogP contribution is 2.54. The number of ketones is 2. The Bertz CT molecular complexity index is 1060. The second kappa shape index (κ2) is 6.52. The highest BCUT2D eigenvalue weighted by Gasteiger charge is 2.63. The van der Waals surface area contributed by atoms with Crippen LogP contribution in [0.5, 0.6) is 5.75 Å². The lowest BCUT2D eigenvalue weighted by molar-refractivity contribution is -0.164. The van der Waals surface area contributed by atoms with Gasteiger partial charge in [0, 0.05) is 17.7 Å². The summed E-state index contributed by atoms with van der Waals surface area (Å²) in [5, 5.41) is 0. The van der Waals surface area contributed by atoms with Crippen LogP contribution in [0.25, 0.3) is 6.08 Å². The average molecular weight is 403 g/mol. The molecule has 0 spiro atoms. The van der Waals surface area contributed by atoms with E-state index < -0.39 is 12.3 Å². The molecule has 0 radical (unpaired) electrons. The molecule has 0 saturated carbocycles. The van der Waals surface area contributed by atoms with Gasteiger partial charge >= 0.3 is 0 Å². The van der Waals surface area contributed by atoms with Crippen LogP contribution in [0.2, 0.25) is 0 Å². The molecule has 4 aliphatic rings. The number of hydrogen-bond donors (Lipinski definition) is 0. The third-order valence-corrected chi connectivity index (χ3v) is 6.85. The summed E-state index contributed by atoms with van der Waals surface area (Å²) >= 11 is 0. The first kappa shape index (κ1) is 17.9. The Labute approximate surface area is 174 Å². The zero-order chi connectivity index (χ0) is 20.4. The number of hydrogen-bond acceptors (Lipinski definition) is 6. The number of ether oxygens (including phenoxy) is 3. The fourth-order valence-corrected chi connectivity index (χ4v) is 5.55. The molecule has 0 amide bonds. The lowest BCUT2D eigenvalue weighted by Gasteiger charge is -2.34. The van der Waals surface area contributed by atoms with Crippen LogP contribution in [-0.4, -0.2) is 48.6 Å². The highest BCUT2D eigenvalue weighted by molar-refractivity contribution is 6.02. The molecule has 0 N–H and O–H groups in total. The van der Waals surface area contributed by atoms with Gasteiger partial charge in [0.05, 0.1) is 37.8 Å². The van der Waals surface area contributed by atoms with E-state index in [1.54, 1.807) is 31.4 Å². The molecule has 6 heteroatoms. The predicted molar refractivity (Wildman–Crippen MR) is 108 cm³/mol. The largest absolute Gasteiger partial charge is 0.497 e. The van der Waals surface area contributed by atoms with E-state index in [0.29, 0.717) is 17.9 Å². The molecule has 2 aromatic carbocycles. The quantitative estimate of drug-likeness (QED) is 0.735. The molecular weight excluding hydrogens is 382 g/mol. The molecule has 152 valence electrons. The summed E-state index contributed by atoms with van der Waals surface area (Å²) in [5.41, 5.74) is 2.76. The Morgan fingerprint density at radius 3 is 2.73 bits per heavy atom. The fraction of sp³-hybridized carbons (Fsp3) is 0.333. The van der Waals surface area contributed by atoms with Gasteiger partial charge in [-0.3, -0.25) is 9.59 Å². The van der Waals surface area contributed by atoms with Crippen molar-refractivity contribution >= 4 is 17.6 Å². The molecule has 3 saturated heterocycles. The number of carbonyl (C=O) groups excluding carboxylic acids is 2. The maximum atomic E-state index is 13.7. The first-order chi connectivity index (χ1) is 14.7. The average Bonchev–Trinajstić information content (AvgIpc) is 3.38. The second-order valence-electron chi connectivity index (χ2n) is 8.22. The summed E-state index contributed by atoms with van der Waals surface area (Å²) in [7, 11) is 1.60. The van der Waals surface area contributed by atoms with Crippen molar-refractivity contribution in [3.8, 4) is 5.75 Å². The van der Waals surface area contributed by atoms with Crippen LogP contribution in [0.1, 0.15) is 27.5 Å². The first-order valence-corrected chi connectivity index (χ1v) is 10.2. The minimum atomic E-state index is -0.814. The van der Waals surface area contributed by atoms with Gasteiger partial charge in [0.25, 0.3) is 0 Å². The van der Waals surface area contributed by atoms with Crippen molar-refractivity contribution in [1.29, 1.82) is 0 Å². The maximum absolute atomic E-state index is 13.7. The molecular formula is C24H21NO5. The van der Waals surface area contributed by atoms with E-state index >= 15 is 0 Å². The lowest BCUT2D eigenvalue weighted by atomic mass is 9.75. The lowest BCUT2D eigenvalue weighted by Crippen LogP contribution is -2.48. The van der Waals surface area contributed by atoms with Gasteiger partial charge in [0.1, 0.15) is 5.75 Å². The summed E-state index contributed by atoms with van der Waals surface area (Å²) in [6.45, 7) is 0.343. The number of Topliss-reactive ketones (excluding diaryl/α,β-unsaturated/α-hetero) is 2. The van der Waals surface area contributed by atoms with Crippen molar-refractivity contribution in [3.63, 3.8) is 0 Å². The third kappa shape index (κ3) is 2.38. The van der Waals surface area contributed by atoms with Crippen molar-refractivity contribution in [2.45, 2.75) is 24.5 Å². The van der Waals surface area contributed by atoms with E-state index in [1.165, 1.54) is 0 Å². The number of benzene rings is 2. The standard InChI is InChI=1S/C24H21NO5/c1-28-15-8-6-14(7-9-15)22(26)21-18-17-12-29-24(30-17)23(27)19(18)20-16-5-3-2-4-13(16)10-11-25(20)21/h2-11,17-21,24H,12H2,1H3. The topological polar surface area (TPSA) is 65.1 Å². The van der Waals surface area contributed by atoms with Crippen molar-refractivity contribution in [2.75, 3.05) is 13.7 Å². The Morgan fingerprint density at radius 1 is 1.13 bits per heavy atom. The maximum Gasteiger partial charge on any atom is 0.218 e. The number of nitrogens with zero attached hydrogens (tertiary/aromatic N) is 1. The van der Waals surface area contributed by atoms with Crippen LogP contribution < -0.4 is 4.74 Å². The molecule has 0 aliphatic carbocycles. The van der Waals surface area contributed by atoms with E-state index in [9.17, 15) is 9.59 Å². The Kier molecular flexibility index (Phi) is 3.88. The molecule has 3 fully saturated rings. The van der Waals surface area contributed by atoms with E-state index in [0.717, 1.165) is 11.1 Å². The number of rotatable bonds is 3. The van der Waals surface area contributed by atoms with Gasteiger partial charge in [-0.05, 0) is 41.5 Å². The van der Waals surface area contributed by atoms with Gasteiger partial charge in [-0.2, -0.15) is 0 Å². The van der Waals surface area contributed by atoms with Crippen LogP contribution in [0.15, 0.2) is 54.7 Å². The van der Waals surface area contributed by atoms with Gasteiger partial charge in [-0.25, -0.2) is 0 Å². The van der Waals surface area contributed by atoms with Crippen LogP contribution in [0.3, 0.4) is 0 Å². The Hall–Kier alpha value is -2.96. The van der Waals surface area contributed by atoms with E-state index in [4.69, 9.17) is 14.2 Å². The molecule has 2 bridgehead atoms. The molecule has 0 aromatic heterocycles. The van der Waals surface area contributed by atoms with Crippen LogP contribution in [-0.2, 0) is 14.3 Å². The summed E-state index contributed by atoms with van der Waals surface area (Å²) in [4.78, 5) is 29.1. The van der Waals surface area contributed by atoms with Crippen molar-refractivity contribution in [3.05, 3.63) is 71.4 Å². The number of methoxy groups -OCH3 is 1. The highest BCUT2D eigenvalue weighted by atomic mass is 16.7. The molecule has 6 unspecified atom stereocenters. The molecule has 6 nitrogen and oxygen atoms in total. The SMILES string of the molecule is COc1ccc(C(=O)C2C3C4COC(O4)C(=O)C3C3c4ccccc4C=CN23)cc1. The van der Waals surface area contributed by atoms with Crippen LogP contribution >= 0.6 is 0 Å². The van der Waals surface area contributed by atoms with Gasteiger partial charge in [-0.1, -0.05) is 24.3 Å². The minimum Gasteiger partial charge on any atom is -0.497 e. The van der Waals surface area contributed by atoms with Crippen molar-refractivity contribution in [2.24, 2.45) is 11.8 Å². The van der Waals surface area contributed by atoms with Crippen molar-refractivity contribution in [1.82, 2.24) is 4.90 Å². The molecule has 30 heavy (non-hydrogen) atoms. The monoisotopic (exact) mass is 403 g/mol. The zero-order valence-electron chi connectivity index (χ0n) is 16.4. The Balaban J connectivity index is 1.47. The summed E-state index contributed by atoms with van der Waals surface area (Å²) < 4.78 is 16.7. The van der Waals surface area contributed by atoms with Crippen LogP contribution in [0.4, 0.5) is 0 Å². The van der Waals surface area contributed by atoms with Gasteiger partial charge in [0.15, 0.2) is 11.6 Å². The predicted octanol–water partition coefficient (Wildman–Crippen LogP) is 2.84. The molecule has 6 rings (SSSR count). The van der Waals surface area contributed by atoms with Gasteiger partial charge < -0.3 is 19.1 Å². The van der Waals surface area contributed by atoms with Crippen molar-refractivity contribution < 1.29 is 23.8 Å². The first-order valence-electron chi connectivity index (χ1n) is 10.2. The zero-order valence-corrected chi connectivity index (χ0v) is 16.4. The summed E-state index contributed by atoms with van der Waals surface area (Å²) in [6.07, 6.45) is 2.92. The second-order valence-corrected chi connectivity index (χ2v) is 8.22. The smallest absolute Gasteiger partial charge is 0.218 e. The summed E-state index contributed by atoms with van der Waals surface area (Å²) in [6, 6.07) is 14.5. The minimum absolute atomic E-state index is 0.0130. The van der Waals surface area contributed by atoms with Gasteiger partial charge in [-0.15, -0.1) is 0 Å². The Morgan fingerprint density at radius 2 is 1.93 bits per heavy atom. The van der Waals surface area contributed by atoms with Gasteiger partial charge in [0.2, 0.25) is 6.29 Å². The number of carbonyl (C=O) groups is 2. The molecule has 4 heterocycles. The molecule has 4 aliphatic heterocycles. The summed E-state index contributed by atoms with van der Waals surface area (Å²) in [5.74, 6) is 0.0322. The third-order valence-electron chi connectivity index (χ3n) is 6.85. The van der Waals surface area contributed by atoms with Crippen LogP contribution in [0, 0.1) is 11.8 Å². The molecule has 2 aromatic rings. The normalized spacial score (nSPS) is 33.1. The van der Waals surface area contributed by atoms with E-state index in [1.807, 2.05) is 30.5 Å². The molecule has 6 atom stereocenters. The van der Waals surface area contributed by atoms with E-state index in [2.05, 4.69) is 11.0 Å². The fourth-order valence-electron chi connectivity index (χ4n) is 5.55. The number of fused-ring (bicyclic) bond motifs is 8. The van der Waals surface area contributed by atoms with E-state index in [-0.39, 0.29) is 35.5 Å².